The maximum atomic E-state index is 13.0. The number of aliphatic hydroxyl groups is 1. The number of carbonyl (C=O) groups is 2. The van der Waals surface area contributed by atoms with E-state index in [2.05, 4.69) is 15.6 Å². The quantitative estimate of drug-likeness (QED) is 0.543. The van der Waals surface area contributed by atoms with E-state index in [-0.39, 0.29) is 30.1 Å². The Morgan fingerprint density at radius 1 is 1.11 bits per heavy atom. The van der Waals surface area contributed by atoms with E-state index in [4.69, 9.17) is 0 Å². The van der Waals surface area contributed by atoms with Crippen LogP contribution in [0.4, 0.5) is 13.2 Å². The van der Waals surface area contributed by atoms with Gasteiger partial charge in [-0.2, -0.15) is 13.2 Å². The highest BCUT2D eigenvalue weighted by Gasteiger charge is 2.43. The minimum absolute atomic E-state index is 0.0594. The van der Waals surface area contributed by atoms with Gasteiger partial charge >= 0.3 is 6.18 Å². The number of benzene rings is 1. The molecule has 1 saturated carbocycles. The molecule has 2 aromatic rings. The molecule has 37 heavy (non-hydrogen) atoms. The van der Waals surface area contributed by atoms with Gasteiger partial charge in [-0.15, -0.1) is 0 Å². The molecule has 0 bridgehead atoms. The van der Waals surface area contributed by atoms with Crippen LogP contribution in [0.5, 0.6) is 0 Å². The molecule has 1 saturated heterocycles. The van der Waals surface area contributed by atoms with Crippen LogP contribution in [-0.2, 0) is 16.6 Å². The summed E-state index contributed by atoms with van der Waals surface area (Å²) in [7, 11) is 0. The van der Waals surface area contributed by atoms with Crippen molar-refractivity contribution >= 4 is 11.8 Å². The van der Waals surface area contributed by atoms with Crippen molar-refractivity contribution in [2.75, 3.05) is 13.1 Å². The van der Waals surface area contributed by atoms with Gasteiger partial charge in [0.25, 0.3) is 5.91 Å². The Labute approximate surface area is 214 Å². The second-order valence-electron chi connectivity index (χ2n) is 10.7. The first kappa shape index (κ1) is 27.1. The van der Waals surface area contributed by atoms with Crippen molar-refractivity contribution in [1.29, 1.82) is 0 Å². The van der Waals surface area contributed by atoms with Gasteiger partial charge in [-0.25, -0.2) is 0 Å². The molecule has 7 nitrogen and oxygen atoms in total. The first-order valence-corrected chi connectivity index (χ1v) is 12.5. The molecule has 0 spiro atoms. The first-order valence-electron chi connectivity index (χ1n) is 12.5. The maximum Gasteiger partial charge on any atom is 0.416 e. The third-order valence-electron chi connectivity index (χ3n) is 7.46. The number of halogens is 3. The van der Waals surface area contributed by atoms with Crippen LogP contribution in [0, 0.1) is 0 Å². The number of hydrogen-bond acceptors (Lipinski definition) is 5. The van der Waals surface area contributed by atoms with Crippen LogP contribution >= 0.6 is 0 Å². The smallest absolute Gasteiger partial charge is 0.384 e. The topological polar surface area (TPSA) is 94.6 Å². The van der Waals surface area contributed by atoms with E-state index in [9.17, 15) is 27.9 Å². The Bertz CT molecular complexity index is 1120. The monoisotopic (exact) mass is 518 g/mol. The average molecular weight is 519 g/mol. The lowest BCUT2D eigenvalue weighted by molar-refractivity contribution is -0.137. The summed E-state index contributed by atoms with van der Waals surface area (Å²) < 4.78 is 38.8. The molecule has 2 aliphatic rings. The van der Waals surface area contributed by atoms with Gasteiger partial charge in [-0.3, -0.25) is 14.6 Å². The third-order valence-corrected chi connectivity index (χ3v) is 7.46. The van der Waals surface area contributed by atoms with Gasteiger partial charge < -0.3 is 20.6 Å². The molecule has 4 rings (SSSR count). The molecule has 2 amide bonds. The van der Waals surface area contributed by atoms with Crippen LogP contribution in [0.15, 0.2) is 48.7 Å². The van der Waals surface area contributed by atoms with Gasteiger partial charge in [0.05, 0.1) is 17.8 Å². The van der Waals surface area contributed by atoms with Crippen molar-refractivity contribution in [3.05, 3.63) is 65.5 Å². The summed E-state index contributed by atoms with van der Waals surface area (Å²) in [5, 5.41) is 17.1. The highest BCUT2D eigenvalue weighted by molar-refractivity contribution is 5.96. The van der Waals surface area contributed by atoms with Crippen LogP contribution < -0.4 is 10.6 Å². The van der Waals surface area contributed by atoms with E-state index in [1.807, 2.05) is 32.0 Å². The Kier molecular flexibility index (Phi) is 7.62. The van der Waals surface area contributed by atoms with Crippen molar-refractivity contribution < 1.29 is 27.9 Å². The molecule has 10 heteroatoms. The molecule has 200 valence electrons. The lowest BCUT2D eigenvalue weighted by Gasteiger charge is -2.37. The molecular formula is C27H33F3N4O3. The van der Waals surface area contributed by atoms with E-state index in [1.54, 1.807) is 11.1 Å². The van der Waals surface area contributed by atoms with Crippen molar-refractivity contribution in [2.45, 2.75) is 75.4 Å². The Morgan fingerprint density at radius 3 is 2.49 bits per heavy atom. The number of likely N-dealkylation sites (tertiary alicyclic amines) is 1. The Hall–Kier alpha value is -2.98. The van der Waals surface area contributed by atoms with Gasteiger partial charge in [0.15, 0.2) is 0 Å². The summed E-state index contributed by atoms with van der Waals surface area (Å²) in [4.78, 5) is 31.4. The van der Waals surface area contributed by atoms with Crippen molar-refractivity contribution in [3.8, 4) is 0 Å². The Morgan fingerprint density at radius 2 is 1.84 bits per heavy atom. The molecule has 0 radical (unpaired) electrons. The number of rotatable bonds is 6. The summed E-state index contributed by atoms with van der Waals surface area (Å²) >= 11 is 0. The van der Waals surface area contributed by atoms with E-state index < -0.39 is 28.8 Å². The van der Waals surface area contributed by atoms with Crippen LogP contribution in [0.25, 0.3) is 0 Å². The fraction of sp³-hybridized carbons (Fsp3) is 0.519. The summed E-state index contributed by atoms with van der Waals surface area (Å²) in [5.74, 6) is -1.02. The zero-order chi connectivity index (χ0) is 26.8. The summed E-state index contributed by atoms with van der Waals surface area (Å²) in [5.41, 5.74) is -1.74. The number of alkyl halides is 3. The lowest BCUT2D eigenvalue weighted by Crippen LogP contribution is -2.48. The van der Waals surface area contributed by atoms with Crippen LogP contribution in [-0.4, -0.2) is 57.5 Å². The molecule has 1 aliphatic heterocycles. The normalized spacial score (nSPS) is 25.6. The highest BCUT2D eigenvalue weighted by atomic mass is 19.4. The molecule has 3 N–H and O–H groups in total. The van der Waals surface area contributed by atoms with Crippen molar-refractivity contribution in [1.82, 2.24) is 20.5 Å². The SMILES string of the molecule is CC1(C)C[C@H](NC2CCC(O)(c3ccccn3)CC2)CN1C(=O)CNC(=O)c1cccc(C(F)(F)F)c1. The van der Waals surface area contributed by atoms with E-state index in [0.29, 0.717) is 25.1 Å². The summed E-state index contributed by atoms with van der Waals surface area (Å²) in [6.45, 7) is 4.09. The maximum absolute atomic E-state index is 13.0. The van der Waals surface area contributed by atoms with Gasteiger partial charge in [0.1, 0.15) is 5.60 Å². The third kappa shape index (κ3) is 6.30. The minimum atomic E-state index is -4.55. The van der Waals surface area contributed by atoms with Crippen molar-refractivity contribution in [2.24, 2.45) is 0 Å². The van der Waals surface area contributed by atoms with E-state index in [0.717, 1.165) is 31.4 Å². The number of hydrogen-bond donors (Lipinski definition) is 3. The number of pyridine rings is 1. The lowest BCUT2D eigenvalue weighted by atomic mass is 9.79. The molecular weight excluding hydrogens is 485 g/mol. The zero-order valence-electron chi connectivity index (χ0n) is 21.0. The van der Waals surface area contributed by atoms with Gasteiger partial charge in [-0.1, -0.05) is 12.1 Å². The van der Waals surface area contributed by atoms with Crippen LogP contribution in [0.1, 0.15) is 67.6 Å². The van der Waals surface area contributed by atoms with E-state index in [1.165, 1.54) is 12.1 Å². The molecule has 1 aliphatic carbocycles. The number of aromatic nitrogens is 1. The molecule has 1 atom stereocenters. The number of carbonyl (C=O) groups excluding carboxylic acids is 2. The number of nitrogens with zero attached hydrogens (tertiary/aromatic N) is 2. The second-order valence-corrected chi connectivity index (χ2v) is 10.7. The molecule has 1 aromatic heterocycles. The Balaban J connectivity index is 1.29. The summed E-state index contributed by atoms with van der Waals surface area (Å²) in [6.07, 6.45) is 0.621. The largest absolute Gasteiger partial charge is 0.416 e. The van der Waals surface area contributed by atoms with E-state index >= 15 is 0 Å². The fourth-order valence-electron chi connectivity index (χ4n) is 5.48. The first-order chi connectivity index (χ1) is 17.4. The molecule has 2 fully saturated rings. The molecule has 1 aromatic carbocycles. The second kappa shape index (κ2) is 10.4. The zero-order valence-corrected chi connectivity index (χ0v) is 21.0. The number of nitrogens with one attached hydrogen (secondary N) is 2. The predicted molar refractivity (Wildman–Crippen MR) is 131 cm³/mol. The summed E-state index contributed by atoms with van der Waals surface area (Å²) in [6, 6.07) is 9.94. The predicted octanol–water partition coefficient (Wildman–Crippen LogP) is 3.63. The molecule has 2 heterocycles. The highest BCUT2D eigenvalue weighted by Crippen LogP contribution is 2.37. The molecule has 0 unspecified atom stereocenters. The van der Waals surface area contributed by atoms with Gasteiger partial charge in [-0.05, 0) is 76.3 Å². The van der Waals surface area contributed by atoms with Crippen molar-refractivity contribution in [3.63, 3.8) is 0 Å². The van der Waals surface area contributed by atoms with Gasteiger partial charge in [0, 0.05) is 35.9 Å². The van der Waals surface area contributed by atoms with Crippen LogP contribution in [0.2, 0.25) is 0 Å². The van der Waals surface area contributed by atoms with Gasteiger partial charge in [0.2, 0.25) is 5.91 Å². The van der Waals surface area contributed by atoms with Crippen LogP contribution in [0.3, 0.4) is 0 Å². The minimum Gasteiger partial charge on any atom is -0.384 e. The number of amides is 2. The fourth-order valence-corrected chi connectivity index (χ4v) is 5.48. The average Bonchev–Trinajstić information content (AvgIpc) is 3.17. The standard InChI is InChI=1S/C27H33F3N4O3/c1-25(2)15-21(33-20-9-11-26(37,12-10-20)22-8-3-4-13-31-22)17-34(25)23(35)16-32-24(36)18-6-5-7-19(14-18)27(28,29)30/h3-8,13-14,20-21,33,37H,9-12,15-17H2,1-2H3,(H,32,36)/t20?,21-,26?/m0/s1.